The molecule has 2 atom stereocenters. The van der Waals surface area contributed by atoms with E-state index in [9.17, 15) is 14.7 Å². The zero-order valence-electron chi connectivity index (χ0n) is 13.8. The molecule has 1 fully saturated rings. The van der Waals surface area contributed by atoms with Crippen LogP contribution in [0.3, 0.4) is 0 Å². The molecule has 0 bridgehead atoms. The highest BCUT2D eigenvalue weighted by molar-refractivity contribution is 5.95. The van der Waals surface area contributed by atoms with Crippen molar-refractivity contribution in [1.82, 2.24) is 4.90 Å². The van der Waals surface area contributed by atoms with Crippen LogP contribution in [0.4, 0.5) is 0 Å². The average Bonchev–Trinajstić information content (AvgIpc) is 2.94. The first kappa shape index (κ1) is 16.7. The van der Waals surface area contributed by atoms with E-state index in [1.54, 1.807) is 29.2 Å². The number of nitrogens with zero attached hydrogens (tertiary/aromatic N) is 1. The van der Waals surface area contributed by atoms with Crippen LogP contribution in [0.5, 0.6) is 0 Å². The quantitative estimate of drug-likeness (QED) is 0.933. The van der Waals surface area contributed by atoms with Crippen LogP contribution in [0, 0.1) is 5.41 Å². The number of Topliss-reactive ketones (excluding diaryl/α,β-unsaturated/α-hetero) is 1. The van der Waals surface area contributed by atoms with E-state index in [0.29, 0.717) is 18.5 Å². The number of benzene rings is 1. The smallest absolute Gasteiger partial charge is 0.259 e. The molecule has 1 N–H and O–H groups in total. The van der Waals surface area contributed by atoms with Crippen LogP contribution in [-0.2, 0) is 15.2 Å². The predicted octanol–water partition coefficient (Wildman–Crippen LogP) is 2.50. The van der Waals surface area contributed by atoms with Crippen LogP contribution in [-0.4, -0.2) is 34.3 Å². The van der Waals surface area contributed by atoms with Gasteiger partial charge in [0.15, 0.2) is 11.4 Å². The molecule has 0 unspecified atom stereocenters. The zero-order chi connectivity index (χ0) is 16.5. The Balaban J connectivity index is 2.26. The number of hydrogen-bond acceptors (Lipinski definition) is 3. The normalized spacial score (nSPS) is 21.5. The van der Waals surface area contributed by atoms with Gasteiger partial charge < -0.3 is 10.0 Å². The van der Waals surface area contributed by atoms with Crippen LogP contribution in [0.25, 0.3) is 0 Å². The highest BCUT2D eigenvalue weighted by atomic mass is 16.3. The van der Waals surface area contributed by atoms with Crippen LogP contribution in [0.1, 0.15) is 46.1 Å². The number of carbonyl (C=O) groups excluding carboxylic acids is 2. The van der Waals surface area contributed by atoms with Gasteiger partial charge in [-0.05, 0) is 25.3 Å². The van der Waals surface area contributed by atoms with Crippen molar-refractivity contribution < 1.29 is 14.7 Å². The SMILES string of the molecule is CC(C)(C)C(=O)[C@@H]1CCCN1C(=O)[C@](C)(O)c1ccccc1. The van der Waals surface area contributed by atoms with Crippen molar-refractivity contribution in [1.29, 1.82) is 0 Å². The van der Waals surface area contributed by atoms with Gasteiger partial charge in [0.1, 0.15) is 0 Å². The minimum Gasteiger partial charge on any atom is -0.376 e. The molecule has 4 nitrogen and oxygen atoms in total. The van der Waals surface area contributed by atoms with Gasteiger partial charge in [-0.3, -0.25) is 9.59 Å². The molecule has 1 aromatic rings. The fourth-order valence-electron chi connectivity index (χ4n) is 2.95. The predicted molar refractivity (Wildman–Crippen MR) is 85.2 cm³/mol. The summed E-state index contributed by atoms with van der Waals surface area (Å²) >= 11 is 0. The lowest BCUT2D eigenvalue weighted by molar-refractivity contribution is -0.155. The molecule has 0 spiro atoms. The maximum absolute atomic E-state index is 12.8. The average molecular weight is 303 g/mol. The van der Waals surface area contributed by atoms with Crippen LogP contribution < -0.4 is 0 Å². The maximum Gasteiger partial charge on any atom is 0.259 e. The van der Waals surface area contributed by atoms with Gasteiger partial charge in [-0.1, -0.05) is 51.1 Å². The van der Waals surface area contributed by atoms with Crippen molar-refractivity contribution in [3.8, 4) is 0 Å². The summed E-state index contributed by atoms with van der Waals surface area (Å²) in [5, 5.41) is 10.7. The Kier molecular flexibility index (Phi) is 4.43. The van der Waals surface area contributed by atoms with Crippen molar-refractivity contribution in [3.63, 3.8) is 0 Å². The van der Waals surface area contributed by atoms with Crippen molar-refractivity contribution in [2.75, 3.05) is 6.54 Å². The number of likely N-dealkylation sites (tertiary alicyclic amines) is 1. The van der Waals surface area contributed by atoms with Crippen molar-refractivity contribution >= 4 is 11.7 Å². The second-order valence-corrected chi connectivity index (χ2v) is 7.21. The van der Waals surface area contributed by atoms with E-state index in [-0.39, 0.29) is 11.7 Å². The summed E-state index contributed by atoms with van der Waals surface area (Å²) in [6.45, 7) is 7.62. The Hall–Kier alpha value is -1.68. The van der Waals surface area contributed by atoms with E-state index in [1.807, 2.05) is 26.8 Å². The number of rotatable bonds is 3. The summed E-state index contributed by atoms with van der Waals surface area (Å²) in [7, 11) is 0. The molecule has 120 valence electrons. The molecule has 4 heteroatoms. The first-order valence-corrected chi connectivity index (χ1v) is 7.79. The summed E-state index contributed by atoms with van der Waals surface area (Å²) in [6, 6.07) is 8.45. The zero-order valence-corrected chi connectivity index (χ0v) is 13.8. The molecule has 0 radical (unpaired) electrons. The fourth-order valence-corrected chi connectivity index (χ4v) is 2.95. The molecule has 0 saturated carbocycles. The van der Waals surface area contributed by atoms with Crippen molar-refractivity contribution in [3.05, 3.63) is 35.9 Å². The van der Waals surface area contributed by atoms with Gasteiger partial charge in [-0.15, -0.1) is 0 Å². The van der Waals surface area contributed by atoms with E-state index in [4.69, 9.17) is 0 Å². The van der Waals surface area contributed by atoms with Crippen molar-refractivity contribution in [2.45, 2.75) is 52.2 Å². The Labute approximate surface area is 132 Å². The van der Waals surface area contributed by atoms with Gasteiger partial charge >= 0.3 is 0 Å². The minimum absolute atomic E-state index is 0.0576. The van der Waals surface area contributed by atoms with E-state index in [0.717, 1.165) is 6.42 Å². The number of amides is 1. The summed E-state index contributed by atoms with van der Waals surface area (Å²) in [5.74, 6) is -0.332. The molecule has 22 heavy (non-hydrogen) atoms. The molecule has 1 aromatic carbocycles. The molecule has 1 aliphatic heterocycles. The van der Waals surface area contributed by atoms with Crippen molar-refractivity contribution in [2.24, 2.45) is 5.41 Å². The third-order valence-electron chi connectivity index (χ3n) is 4.31. The molecule has 0 aliphatic carbocycles. The van der Waals surface area contributed by atoms with Gasteiger partial charge in [-0.2, -0.15) is 0 Å². The molecule has 1 aliphatic rings. The lowest BCUT2D eigenvalue weighted by atomic mass is 9.85. The monoisotopic (exact) mass is 303 g/mol. The molecular formula is C18H25NO3. The second kappa shape index (κ2) is 5.84. The summed E-state index contributed by atoms with van der Waals surface area (Å²) in [6.07, 6.45) is 1.47. The van der Waals surface area contributed by atoms with E-state index in [2.05, 4.69) is 0 Å². The Bertz CT molecular complexity index is 557. The molecule has 1 saturated heterocycles. The Morgan fingerprint density at radius 3 is 2.27 bits per heavy atom. The Morgan fingerprint density at radius 2 is 1.73 bits per heavy atom. The largest absolute Gasteiger partial charge is 0.376 e. The number of ketones is 1. The number of hydrogen-bond donors (Lipinski definition) is 1. The second-order valence-electron chi connectivity index (χ2n) is 7.21. The summed E-state index contributed by atoms with van der Waals surface area (Å²) < 4.78 is 0. The van der Waals surface area contributed by atoms with Gasteiger partial charge in [0, 0.05) is 12.0 Å². The lowest BCUT2D eigenvalue weighted by Crippen LogP contribution is -2.51. The molecule has 0 aromatic heterocycles. The van der Waals surface area contributed by atoms with Crippen LogP contribution in [0.15, 0.2) is 30.3 Å². The standard InChI is InChI=1S/C18H25NO3/c1-17(2,3)15(20)14-11-8-12-19(14)16(21)18(4,22)13-9-6-5-7-10-13/h5-7,9-10,14,22H,8,11-12H2,1-4H3/t14-,18+/m0/s1. The Morgan fingerprint density at radius 1 is 1.14 bits per heavy atom. The van der Waals surface area contributed by atoms with Gasteiger partial charge in [0.2, 0.25) is 0 Å². The first-order chi connectivity index (χ1) is 10.2. The summed E-state index contributed by atoms with van der Waals surface area (Å²) in [4.78, 5) is 27.0. The molecule has 1 heterocycles. The van der Waals surface area contributed by atoms with Gasteiger partial charge in [0.05, 0.1) is 6.04 Å². The van der Waals surface area contributed by atoms with E-state index in [1.165, 1.54) is 6.92 Å². The number of carbonyl (C=O) groups is 2. The third-order valence-corrected chi connectivity index (χ3v) is 4.31. The lowest BCUT2D eigenvalue weighted by Gasteiger charge is -2.34. The maximum atomic E-state index is 12.8. The fraction of sp³-hybridized carbons (Fsp3) is 0.556. The summed E-state index contributed by atoms with van der Waals surface area (Å²) in [5.41, 5.74) is -1.55. The van der Waals surface area contributed by atoms with Crippen LogP contribution >= 0.6 is 0 Å². The van der Waals surface area contributed by atoms with E-state index < -0.39 is 17.1 Å². The van der Waals surface area contributed by atoms with Gasteiger partial charge in [0.25, 0.3) is 5.91 Å². The minimum atomic E-state index is -1.61. The highest BCUT2D eigenvalue weighted by Crippen LogP contribution is 2.31. The molecule has 1 amide bonds. The van der Waals surface area contributed by atoms with E-state index >= 15 is 0 Å². The molecule has 2 rings (SSSR count). The highest BCUT2D eigenvalue weighted by Gasteiger charge is 2.44. The first-order valence-electron chi connectivity index (χ1n) is 7.79. The third kappa shape index (κ3) is 3.07. The van der Waals surface area contributed by atoms with Gasteiger partial charge in [-0.25, -0.2) is 0 Å². The van der Waals surface area contributed by atoms with Crippen LogP contribution in [0.2, 0.25) is 0 Å². The topological polar surface area (TPSA) is 57.6 Å². The molecular weight excluding hydrogens is 278 g/mol. The number of aliphatic hydroxyl groups is 1.